The minimum Gasteiger partial charge on any atom is -0.449 e. The Hall–Kier alpha value is -0.875. The second-order valence-corrected chi connectivity index (χ2v) is 4.49. The Bertz CT molecular complexity index is 225. The molecule has 0 saturated carbocycles. The fraction of sp³-hybridized carbons (Fsp3) is 0.875. The van der Waals surface area contributed by atoms with Crippen molar-refractivity contribution >= 4 is 13.1 Å². The van der Waals surface area contributed by atoms with Crippen LogP contribution in [-0.4, -0.2) is 24.7 Å². The number of nitrogens with one attached hydrogen (secondary N) is 1. The number of halogens is 3. The van der Waals surface area contributed by atoms with Gasteiger partial charge >= 0.3 is 13.1 Å². The van der Waals surface area contributed by atoms with E-state index in [0.29, 0.717) is 0 Å². The molecule has 1 atom stereocenters. The molecular weight excluding hydrogens is 210 g/mol. The molecule has 90 valence electrons. The molecule has 0 rings (SSSR count). The van der Waals surface area contributed by atoms with Crippen LogP contribution in [0.15, 0.2) is 0 Å². The molecule has 15 heavy (non-hydrogen) atoms. The topological polar surface area (TPSA) is 38.3 Å². The molecule has 1 N–H and O–H groups in total. The van der Waals surface area contributed by atoms with E-state index in [1.165, 1.54) is 6.92 Å². The average Bonchev–Trinajstić information content (AvgIpc) is 1.73. The van der Waals surface area contributed by atoms with Crippen LogP contribution in [0.3, 0.4) is 0 Å². The highest BCUT2D eigenvalue weighted by atomic mass is 19.4. The lowest BCUT2D eigenvalue weighted by Crippen LogP contribution is -2.40. The number of amides is 1. The normalized spacial score (nSPS) is 14.6. The van der Waals surface area contributed by atoms with Crippen molar-refractivity contribution in [2.24, 2.45) is 0 Å². The quantitative estimate of drug-likeness (QED) is 0.751. The first-order valence-electron chi connectivity index (χ1n) is 4.70. The Morgan fingerprint density at radius 2 is 1.87 bits per heavy atom. The van der Waals surface area contributed by atoms with Crippen molar-refractivity contribution in [3.63, 3.8) is 0 Å². The predicted molar refractivity (Wildman–Crippen MR) is 52.7 cm³/mol. The lowest BCUT2D eigenvalue weighted by Gasteiger charge is -2.24. The number of carbonyl (C=O) groups excluding carboxylic acids is 1. The smallest absolute Gasteiger partial charge is 0.449 e. The van der Waals surface area contributed by atoms with Gasteiger partial charge in [0, 0.05) is 6.04 Å². The molecule has 0 aromatic rings. The maximum Gasteiger partial charge on any atom is 0.480 e. The molecule has 0 aliphatic carbocycles. The van der Waals surface area contributed by atoms with Gasteiger partial charge in [-0.05, 0) is 27.7 Å². The molecule has 0 aromatic heterocycles. The first kappa shape index (κ1) is 14.1. The molecule has 3 nitrogen and oxygen atoms in total. The van der Waals surface area contributed by atoms with Crippen LogP contribution in [0.1, 0.15) is 27.7 Å². The van der Waals surface area contributed by atoms with E-state index in [9.17, 15) is 17.7 Å². The summed E-state index contributed by atoms with van der Waals surface area (Å²) in [6.45, 7) is 1.34. The monoisotopic (exact) mass is 226 g/mol. The van der Waals surface area contributed by atoms with E-state index in [0.717, 1.165) is 0 Å². The number of rotatable bonds is 3. The molecule has 0 spiro atoms. The summed E-state index contributed by atoms with van der Waals surface area (Å²) in [4.78, 5) is 11.1. The van der Waals surface area contributed by atoms with E-state index >= 15 is 0 Å². The summed E-state index contributed by atoms with van der Waals surface area (Å²) in [7, 11) is 0. The van der Waals surface area contributed by atoms with Gasteiger partial charge in [-0.2, -0.15) is 0 Å². The molecule has 0 radical (unpaired) electrons. The summed E-state index contributed by atoms with van der Waals surface area (Å²) in [6.07, 6.45) is -1.82. The van der Waals surface area contributed by atoms with Crippen LogP contribution < -0.4 is 5.32 Å². The molecule has 0 bridgehead atoms. The van der Waals surface area contributed by atoms with Crippen LogP contribution in [-0.2, 0) is 4.74 Å². The minimum atomic E-state index is -4.88. The zero-order chi connectivity index (χ0) is 12.3. The third kappa shape index (κ3) is 9.43. The third-order valence-corrected chi connectivity index (χ3v) is 1.38. The maximum atomic E-state index is 12.0. The molecule has 0 aliphatic heterocycles. The summed E-state index contributed by atoms with van der Waals surface area (Å²) in [5, 5.41) is 2.13. The summed E-state index contributed by atoms with van der Waals surface area (Å²) < 4.78 is 40.7. The van der Waals surface area contributed by atoms with Crippen molar-refractivity contribution in [1.29, 1.82) is 0 Å². The van der Waals surface area contributed by atoms with Gasteiger partial charge in [-0.25, -0.2) is 4.79 Å². The highest BCUT2D eigenvalue weighted by Crippen LogP contribution is 2.17. The zero-order valence-corrected chi connectivity index (χ0v) is 9.31. The fourth-order valence-electron chi connectivity index (χ4n) is 0.969. The van der Waals surface area contributed by atoms with E-state index in [2.05, 4.69) is 5.32 Å². The van der Waals surface area contributed by atoms with Gasteiger partial charge in [0.05, 0.1) is 0 Å². The second kappa shape index (κ2) is 4.76. The molecule has 7 heteroatoms. The van der Waals surface area contributed by atoms with Crippen LogP contribution in [0.25, 0.3) is 0 Å². The molecule has 0 aliphatic rings. The highest BCUT2D eigenvalue weighted by Gasteiger charge is 2.27. The molecule has 1 amide bonds. The van der Waals surface area contributed by atoms with Gasteiger partial charge in [0.25, 0.3) is 0 Å². The van der Waals surface area contributed by atoms with Crippen molar-refractivity contribution in [3.8, 4) is 0 Å². The van der Waals surface area contributed by atoms with E-state index < -0.39 is 31.0 Å². The fourth-order valence-corrected chi connectivity index (χ4v) is 0.969. The van der Waals surface area contributed by atoms with Crippen LogP contribution in [0.2, 0.25) is 6.32 Å². The first-order chi connectivity index (χ1) is 6.49. The molecular formula is C8H16BF3NO2-. The van der Waals surface area contributed by atoms with Crippen molar-refractivity contribution in [2.45, 2.75) is 45.7 Å². The Balaban J connectivity index is 3.98. The minimum absolute atomic E-state index is 0.701. The Morgan fingerprint density at radius 1 is 1.40 bits per heavy atom. The van der Waals surface area contributed by atoms with Gasteiger partial charge in [0.2, 0.25) is 0 Å². The third-order valence-electron chi connectivity index (χ3n) is 1.38. The average molecular weight is 226 g/mol. The molecule has 0 fully saturated rings. The van der Waals surface area contributed by atoms with Gasteiger partial charge < -0.3 is 23.0 Å². The standard InChI is InChI=1S/C8H16BF3NO2/c1-6(5-9(10,11)12)13-7(14)15-8(2,3)4/h6H,5H2,1-4H3,(H,13,14)/q-1. The first-order valence-corrected chi connectivity index (χ1v) is 4.70. The number of ether oxygens (including phenoxy) is 1. The van der Waals surface area contributed by atoms with Gasteiger partial charge in [-0.3, -0.25) is 0 Å². The summed E-state index contributed by atoms with van der Waals surface area (Å²) >= 11 is 0. The number of hydrogen-bond acceptors (Lipinski definition) is 2. The highest BCUT2D eigenvalue weighted by molar-refractivity contribution is 6.58. The van der Waals surface area contributed by atoms with Crippen LogP contribution in [0.4, 0.5) is 17.7 Å². The van der Waals surface area contributed by atoms with E-state index in [-0.39, 0.29) is 0 Å². The Kier molecular flexibility index (Phi) is 4.49. The summed E-state index contributed by atoms with van der Waals surface area (Å²) in [6, 6.07) is -0.958. The van der Waals surface area contributed by atoms with Crippen molar-refractivity contribution in [2.75, 3.05) is 0 Å². The summed E-state index contributed by atoms with van der Waals surface area (Å²) in [5.74, 6) is 0. The van der Waals surface area contributed by atoms with E-state index in [4.69, 9.17) is 4.74 Å². The number of hydrogen-bond donors (Lipinski definition) is 1. The van der Waals surface area contributed by atoms with Crippen molar-refractivity contribution in [1.82, 2.24) is 5.32 Å². The lowest BCUT2D eigenvalue weighted by atomic mass is 9.82. The number of alkyl carbamates (subject to hydrolysis) is 1. The van der Waals surface area contributed by atoms with Crippen LogP contribution in [0.5, 0.6) is 0 Å². The number of carbonyl (C=O) groups is 1. The molecule has 0 saturated heterocycles. The SMILES string of the molecule is CC(C[B-](F)(F)F)NC(=O)OC(C)(C)C. The largest absolute Gasteiger partial charge is 0.480 e. The van der Waals surface area contributed by atoms with Crippen molar-refractivity contribution < 1.29 is 22.5 Å². The van der Waals surface area contributed by atoms with Gasteiger partial charge in [0.15, 0.2) is 0 Å². The Morgan fingerprint density at radius 3 is 2.20 bits per heavy atom. The van der Waals surface area contributed by atoms with Gasteiger partial charge in [-0.1, -0.05) is 6.32 Å². The van der Waals surface area contributed by atoms with E-state index in [1.54, 1.807) is 20.8 Å². The second-order valence-electron chi connectivity index (χ2n) is 4.49. The van der Waals surface area contributed by atoms with Crippen LogP contribution >= 0.6 is 0 Å². The van der Waals surface area contributed by atoms with Gasteiger partial charge in [-0.15, -0.1) is 0 Å². The zero-order valence-electron chi connectivity index (χ0n) is 9.31. The predicted octanol–water partition coefficient (Wildman–Crippen LogP) is 2.75. The lowest BCUT2D eigenvalue weighted by molar-refractivity contribution is 0.0511. The molecule has 0 heterocycles. The van der Waals surface area contributed by atoms with Crippen molar-refractivity contribution in [3.05, 3.63) is 0 Å². The Labute approximate surface area is 87.4 Å². The van der Waals surface area contributed by atoms with Crippen LogP contribution in [0, 0.1) is 0 Å². The summed E-state index contributed by atoms with van der Waals surface area (Å²) in [5.41, 5.74) is -0.701. The van der Waals surface area contributed by atoms with E-state index in [1.807, 2.05) is 0 Å². The maximum absolute atomic E-state index is 12.0. The molecule has 0 aromatic carbocycles. The van der Waals surface area contributed by atoms with Gasteiger partial charge in [0.1, 0.15) is 5.60 Å². The molecule has 1 unspecified atom stereocenters.